The van der Waals surface area contributed by atoms with Gasteiger partial charge in [0.2, 0.25) is 0 Å². The average molecular weight is 494 g/mol. The maximum absolute atomic E-state index is 12.5. The zero-order valence-electron chi connectivity index (χ0n) is 16.8. The van der Waals surface area contributed by atoms with Gasteiger partial charge in [-0.05, 0) is 30.3 Å². The normalized spacial score (nSPS) is 10.8. The first-order valence-corrected chi connectivity index (χ1v) is 10.6. The highest BCUT2D eigenvalue weighted by Crippen LogP contribution is 2.35. The Morgan fingerprint density at radius 3 is 2.56 bits per heavy atom. The number of hydrogen-bond acceptors (Lipinski definition) is 7. The molecule has 8 nitrogen and oxygen atoms in total. The van der Waals surface area contributed by atoms with Gasteiger partial charge in [-0.3, -0.25) is 9.59 Å². The van der Waals surface area contributed by atoms with E-state index in [0.29, 0.717) is 32.6 Å². The lowest BCUT2D eigenvalue weighted by molar-refractivity contribution is 0.0954. The van der Waals surface area contributed by atoms with E-state index in [-0.39, 0.29) is 22.2 Å². The fourth-order valence-corrected chi connectivity index (χ4v) is 3.87. The highest BCUT2D eigenvalue weighted by Gasteiger charge is 2.18. The van der Waals surface area contributed by atoms with Gasteiger partial charge in [-0.1, -0.05) is 23.2 Å². The number of phenols is 1. The van der Waals surface area contributed by atoms with Crippen LogP contribution < -0.4 is 20.2 Å². The molecule has 3 aromatic rings. The summed E-state index contributed by atoms with van der Waals surface area (Å²) in [6.45, 7) is 0. The molecule has 0 bridgehead atoms. The number of ether oxygens (including phenoxy) is 2. The van der Waals surface area contributed by atoms with Gasteiger partial charge >= 0.3 is 0 Å². The lowest BCUT2D eigenvalue weighted by Crippen LogP contribution is -2.17. The number of phenolic OH excluding ortho intramolecular Hbond substituents is 1. The van der Waals surface area contributed by atoms with Crippen molar-refractivity contribution in [2.45, 2.75) is 0 Å². The van der Waals surface area contributed by atoms with Crippen LogP contribution in [0.5, 0.6) is 17.2 Å². The lowest BCUT2D eigenvalue weighted by Gasteiger charge is -2.10. The van der Waals surface area contributed by atoms with Crippen molar-refractivity contribution in [1.82, 2.24) is 5.43 Å². The number of nitrogens with one attached hydrogen (secondary N) is 2. The molecule has 2 amide bonds. The third-order valence-corrected chi connectivity index (χ3v) is 5.71. The van der Waals surface area contributed by atoms with Gasteiger partial charge in [0.05, 0.1) is 31.0 Å². The van der Waals surface area contributed by atoms with Gasteiger partial charge in [0, 0.05) is 28.3 Å². The third kappa shape index (κ3) is 5.31. The summed E-state index contributed by atoms with van der Waals surface area (Å²) in [7, 11) is 2.91. The molecule has 0 aliphatic rings. The van der Waals surface area contributed by atoms with E-state index < -0.39 is 5.91 Å². The van der Waals surface area contributed by atoms with E-state index in [1.165, 1.54) is 50.0 Å². The summed E-state index contributed by atoms with van der Waals surface area (Å²) in [6, 6.07) is 9.00. The van der Waals surface area contributed by atoms with Gasteiger partial charge in [0.25, 0.3) is 11.8 Å². The number of amides is 2. The second-order valence-electron chi connectivity index (χ2n) is 6.23. The molecular formula is C21H17Cl2N3O5S. The molecule has 1 aromatic heterocycles. The van der Waals surface area contributed by atoms with E-state index in [1.54, 1.807) is 23.6 Å². The van der Waals surface area contributed by atoms with Crippen LogP contribution in [0.15, 0.2) is 46.9 Å². The number of carbonyl (C=O) groups is 2. The number of thiophene rings is 1. The maximum Gasteiger partial charge on any atom is 0.271 e. The Labute approximate surface area is 197 Å². The molecule has 32 heavy (non-hydrogen) atoms. The van der Waals surface area contributed by atoms with Crippen molar-refractivity contribution in [2.24, 2.45) is 5.10 Å². The van der Waals surface area contributed by atoms with Gasteiger partial charge < -0.3 is 19.9 Å². The first-order chi connectivity index (χ1) is 15.3. The zero-order valence-corrected chi connectivity index (χ0v) is 19.1. The average Bonchev–Trinajstić information content (AvgIpc) is 3.16. The summed E-state index contributed by atoms with van der Waals surface area (Å²) in [4.78, 5) is 24.7. The highest BCUT2D eigenvalue weighted by molar-refractivity contribution is 7.15. The summed E-state index contributed by atoms with van der Waals surface area (Å²) in [5.74, 6) is -0.272. The van der Waals surface area contributed by atoms with Crippen molar-refractivity contribution in [2.75, 3.05) is 19.5 Å². The minimum Gasteiger partial charge on any atom is -0.506 e. The summed E-state index contributed by atoms with van der Waals surface area (Å²) in [5, 5.41) is 17.8. The molecule has 0 radical (unpaired) electrons. The smallest absolute Gasteiger partial charge is 0.271 e. The van der Waals surface area contributed by atoms with Crippen molar-refractivity contribution in [3.8, 4) is 17.2 Å². The van der Waals surface area contributed by atoms with E-state index >= 15 is 0 Å². The predicted octanol–water partition coefficient (Wildman–Crippen LogP) is 4.79. The van der Waals surface area contributed by atoms with Crippen molar-refractivity contribution in [3.63, 3.8) is 0 Å². The van der Waals surface area contributed by atoms with Gasteiger partial charge in [-0.25, -0.2) is 5.43 Å². The molecular weight excluding hydrogens is 477 g/mol. The quantitative estimate of drug-likeness (QED) is 0.323. The first-order valence-electron chi connectivity index (χ1n) is 8.96. The number of hydrazone groups is 1. The van der Waals surface area contributed by atoms with Crippen LogP contribution in [0.2, 0.25) is 9.36 Å². The molecule has 0 atom stereocenters. The predicted molar refractivity (Wildman–Crippen MR) is 125 cm³/mol. The summed E-state index contributed by atoms with van der Waals surface area (Å²) in [5.41, 5.74) is 3.97. The van der Waals surface area contributed by atoms with Crippen LogP contribution in [0.4, 0.5) is 5.69 Å². The van der Waals surface area contributed by atoms with Crippen LogP contribution >= 0.6 is 34.5 Å². The Morgan fingerprint density at radius 2 is 1.88 bits per heavy atom. The first kappa shape index (κ1) is 23.4. The number of hydrogen-bond donors (Lipinski definition) is 3. The van der Waals surface area contributed by atoms with Crippen LogP contribution in [-0.2, 0) is 0 Å². The minimum atomic E-state index is -0.505. The fraction of sp³-hybridized carbons (Fsp3) is 0.0952. The van der Waals surface area contributed by atoms with E-state index in [0.717, 1.165) is 0 Å². The molecule has 0 aliphatic carbocycles. The van der Waals surface area contributed by atoms with E-state index in [9.17, 15) is 14.7 Å². The SMILES string of the molecule is COc1cc(NC(=O)c2csc(Cl)c2OC)ccc1C=NNC(=O)c1ccc(O)c(Cl)c1. The van der Waals surface area contributed by atoms with Gasteiger partial charge in [0.15, 0.2) is 5.75 Å². The second-order valence-corrected chi connectivity index (χ2v) is 8.12. The number of methoxy groups -OCH3 is 2. The number of nitrogens with zero attached hydrogens (tertiary/aromatic N) is 1. The Balaban J connectivity index is 1.70. The summed E-state index contributed by atoms with van der Waals surface area (Å²) < 4.78 is 10.9. The van der Waals surface area contributed by atoms with Crippen LogP contribution in [-0.4, -0.2) is 37.4 Å². The molecule has 0 spiro atoms. The Morgan fingerprint density at radius 1 is 1.09 bits per heavy atom. The number of anilines is 1. The molecule has 0 saturated heterocycles. The molecule has 0 aliphatic heterocycles. The standard InChI is InChI=1S/C21H17Cl2N3O5S/c1-30-17-8-13(25-21(29)14-10-32-19(23)18(14)31-2)5-3-12(17)9-24-26-20(28)11-4-6-16(27)15(22)7-11/h3-10,27H,1-2H3,(H,25,29)(H,26,28). The van der Waals surface area contributed by atoms with Gasteiger partial charge in [-0.15, -0.1) is 11.3 Å². The Bertz CT molecular complexity index is 1200. The number of halogens is 2. The van der Waals surface area contributed by atoms with Crippen molar-refractivity contribution in [3.05, 3.63) is 67.8 Å². The molecule has 0 fully saturated rings. The number of aromatic hydroxyl groups is 1. The van der Waals surface area contributed by atoms with E-state index in [2.05, 4.69) is 15.8 Å². The van der Waals surface area contributed by atoms with E-state index in [4.69, 9.17) is 32.7 Å². The van der Waals surface area contributed by atoms with Crippen LogP contribution in [0.1, 0.15) is 26.3 Å². The van der Waals surface area contributed by atoms with Crippen molar-refractivity contribution < 1.29 is 24.2 Å². The second kappa shape index (κ2) is 10.4. The summed E-state index contributed by atoms with van der Waals surface area (Å²) >= 11 is 13.0. The fourth-order valence-electron chi connectivity index (χ4n) is 2.64. The Kier molecular flexibility index (Phi) is 7.57. The highest BCUT2D eigenvalue weighted by atomic mass is 35.5. The number of carbonyl (C=O) groups excluding carboxylic acids is 2. The van der Waals surface area contributed by atoms with Crippen LogP contribution in [0.25, 0.3) is 0 Å². The minimum absolute atomic E-state index is 0.0586. The maximum atomic E-state index is 12.5. The third-order valence-electron chi connectivity index (χ3n) is 4.22. The van der Waals surface area contributed by atoms with Gasteiger partial charge in [0.1, 0.15) is 15.8 Å². The molecule has 0 unspecified atom stereocenters. The monoisotopic (exact) mass is 493 g/mol. The van der Waals surface area contributed by atoms with E-state index in [1.807, 2.05) is 0 Å². The molecule has 3 N–H and O–H groups in total. The number of rotatable bonds is 7. The molecule has 0 saturated carbocycles. The van der Waals surface area contributed by atoms with Gasteiger partial charge in [-0.2, -0.15) is 5.10 Å². The summed E-state index contributed by atoms with van der Waals surface area (Å²) in [6.07, 6.45) is 1.39. The Hall–Kier alpha value is -3.27. The van der Waals surface area contributed by atoms with Crippen molar-refractivity contribution >= 4 is 58.3 Å². The lowest BCUT2D eigenvalue weighted by atomic mass is 10.2. The molecule has 166 valence electrons. The number of benzene rings is 2. The topological polar surface area (TPSA) is 109 Å². The molecule has 3 rings (SSSR count). The van der Waals surface area contributed by atoms with Crippen LogP contribution in [0, 0.1) is 0 Å². The molecule has 11 heteroatoms. The molecule has 2 aromatic carbocycles. The molecule has 1 heterocycles. The van der Waals surface area contributed by atoms with Crippen molar-refractivity contribution in [1.29, 1.82) is 0 Å². The van der Waals surface area contributed by atoms with Crippen LogP contribution in [0.3, 0.4) is 0 Å². The largest absolute Gasteiger partial charge is 0.506 e. The zero-order chi connectivity index (χ0) is 23.3.